The van der Waals surface area contributed by atoms with E-state index in [0.29, 0.717) is 32.2 Å². The number of aliphatic carboxylic acids is 1. The molecule has 0 bridgehead atoms. The third-order valence-electron chi connectivity index (χ3n) is 10.2. The number of esters is 1. The summed E-state index contributed by atoms with van der Waals surface area (Å²) in [6.45, 7) is 4.84. The molecule has 7 nitrogen and oxygen atoms in total. The van der Waals surface area contributed by atoms with E-state index >= 15 is 0 Å². The first kappa shape index (κ1) is 52.3. The molecule has 7 heteroatoms. The van der Waals surface area contributed by atoms with Gasteiger partial charge in [0.15, 0.2) is 0 Å². The zero-order chi connectivity index (χ0) is 40.3. The maximum atomic E-state index is 12.8. The van der Waals surface area contributed by atoms with Crippen LogP contribution in [-0.2, 0) is 19.1 Å². The topological polar surface area (TPSA) is 119 Å². The molecule has 0 spiro atoms. The highest BCUT2D eigenvalue weighted by Gasteiger charge is 2.19. The summed E-state index contributed by atoms with van der Waals surface area (Å²) in [5.41, 5.74) is 5.49. The normalized spacial score (nSPS) is 13.1. The highest BCUT2D eigenvalue weighted by Crippen LogP contribution is 2.18. The van der Waals surface area contributed by atoms with Crippen molar-refractivity contribution in [2.45, 2.75) is 231 Å². The molecule has 4 N–H and O–H groups in total. The first-order chi connectivity index (χ1) is 26.9. The standard InChI is InChI=1S/C48H86N2O5/c1-3-5-7-9-11-13-15-17-19-20-22-24-26-29-33-38-44(39-34-30-28-31-35-41-46(51)50-45(48(53)54)40-37-43-49)55-47(52)42-36-32-27-25-23-21-18-16-14-12-10-8-6-4-2/h5,7,11,13,17,19,22,24,44-45H,3-4,6,8-10,12,14-16,18,20-21,23,25-43,49H2,1-2H3,(H,50,51)(H,53,54)/b7-5-,13-11-,19-17-,24-22-. The molecule has 318 valence electrons. The molecule has 0 radical (unpaired) electrons. The number of allylic oxidation sites excluding steroid dienone is 8. The number of hydrogen-bond donors (Lipinski definition) is 3. The molecule has 0 aromatic heterocycles. The van der Waals surface area contributed by atoms with E-state index in [2.05, 4.69) is 67.8 Å². The SMILES string of the molecule is CC/C=C\C/C=C\C/C=C\C/C=C\CCCCC(CCCCCCCC(=O)NC(CCCN)C(=O)O)OC(=O)CCCCCCCCCCCCCCCC. The second-order valence-corrected chi connectivity index (χ2v) is 15.4. The number of unbranched alkanes of at least 4 members (excludes halogenated alkanes) is 19. The summed E-state index contributed by atoms with van der Waals surface area (Å²) >= 11 is 0. The van der Waals surface area contributed by atoms with E-state index in [4.69, 9.17) is 10.5 Å². The smallest absolute Gasteiger partial charge is 0.326 e. The van der Waals surface area contributed by atoms with E-state index < -0.39 is 12.0 Å². The molecular formula is C48H86N2O5. The Morgan fingerprint density at radius 3 is 1.51 bits per heavy atom. The van der Waals surface area contributed by atoms with Gasteiger partial charge in [0.05, 0.1) is 0 Å². The van der Waals surface area contributed by atoms with E-state index in [1.54, 1.807) is 0 Å². The van der Waals surface area contributed by atoms with Gasteiger partial charge in [-0.1, -0.05) is 165 Å². The molecule has 0 aliphatic carbocycles. The number of ether oxygens (including phenoxy) is 1. The van der Waals surface area contributed by atoms with Crippen LogP contribution in [0.3, 0.4) is 0 Å². The maximum Gasteiger partial charge on any atom is 0.326 e. The van der Waals surface area contributed by atoms with Crippen molar-refractivity contribution in [3.8, 4) is 0 Å². The van der Waals surface area contributed by atoms with E-state index in [9.17, 15) is 19.5 Å². The molecule has 0 fully saturated rings. The van der Waals surface area contributed by atoms with Gasteiger partial charge < -0.3 is 20.9 Å². The van der Waals surface area contributed by atoms with E-state index in [1.165, 1.54) is 77.0 Å². The average Bonchev–Trinajstić information content (AvgIpc) is 3.17. The lowest BCUT2D eigenvalue weighted by Crippen LogP contribution is -2.40. The highest BCUT2D eigenvalue weighted by molar-refractivity contribution is 5.83. The lowest BCUT2D eigenvalue weighted by molar-refractivity contribution is -0.150. The van der Waals surface area contributed by atoms with Crippen LogP contribution in [0.25, 0.3) is 0 Å². The van der Waals surface area contributed by atoms with E-state index in [0.717, 1.165) is 103 Å². The fourth-order valence-corrected chi connectivity index (χ4v) is 6.74. The molecular weight excluding hydrogens is 685 g/mol. The van der Waals surface area contributed by atoms with Gasteiger partial charge in [-0.25, -0.2) is 4.79 Å². The molecule has 0 saturated heterocycles. The van der Waals surface area contributed by atoms with Crippen LogP contribution in [-0.4, -0.2) is 41.6 Å². The van der Waals surface area contributed by atoms with Crippen LogP contribution in [0.2, 0.25) is 0 Å². The summed E-state index contributed by atoms with van der Waals surface area (Å²) in [6, 6.07) is -0.862. The number of carboxylic acids is 1. The average molecular weight is 771 g/mol. The van der Waals surface area contributed by atoms with Gasteiger partial charge in [-0.2, -0.15) is 0 Å². The number of amides is 1. The molecule has 1 amide bonds. The molecule has 0 aliphatic rings. The van der Waals surface area contributed by atoms with Crippen molar-refractivity contribution in [3.63, 3.8) is 0 Å². The molecule has 0 aliphatic heterocycles. The summed E-state index contributed by atoms with van der Waals surface area (Å²) in [6.07, 6.45) is 51.5. The molecule has 0 aromatic rings. The first-order valence-corrected chi connectivity index (χ1v) is 23.0. The van der Waals surface area contributed by atoms with Gasteiger partial charge in [0.2, 0.25) is 5.91 Å². The van der Waals surface area contributed by atoms with Crippen LogP contribution in [0.1, 0.15) is 219 Å². The van der Waals surface area contributed by atoms with Gasteiger partial charge in [0.25, 0.3) is 0 Å². The van der Waals surface area contributed by atoms with Crippen LogP contribution >= 0.6 is 0 Å². The third kappa shape index (κ3) is 39.4. The number of hydrogen-bond acceptors (Lipinski definition) is 5. The third-order valence-corrected chi connectivity index (χ3v) is 10.2. The van der Waals surface area contributed by atoms with Crippen molar-refractivity contribution < 1.29 is 24.2 Å². The van der Waals surface area contributed by atoms with E-state index in [-0.39, 0.29) is 18.0 Å². The predicted molar refractivity (Wildman–Crippen MR) is 234 cm³/mol. The predicted octanol–water partition coefficient (Wildman–Crippen LogP) is 13.2. The first-order valence-electron chi connectivity index (χ1n) is 23.0. The minimum atomic E-state index is -1.01. The second-order valence-electron chi connectivity index (χ2n) is 15.4. The lowest BCUT2D eigenvalue weighted by Gasteiger charge is -2.18. The van der Waals surface area contributed by atoms with Crippen molar-refractivity contribution in [1.82, 2.24) is 5.32 Å². The van der Waals surface area contributed by atoms with Crippen LogP contribution in [0.4, 0.5) is 0 Å². The number of carbonyl (C=O) groups is 3. The summed E-state index contributed by atoms with van der Waals surface area (Å²) in [5, 5.41) is 11.9. The number of carbonyl (C=O) groups excluding carboxylic acids is 2. The van der Waals surface area contributed by atoms with Crippen LogP contribution in [0, 0.1) is 0 Å². The van der Waals surface area contributed by atoms with Gasteiger partial charge in [-0.3, -0.25) is 9.59 Å². The Kier molecular flexibility index (Phi) is 40.4. The zero-order valence-corrected chi connectivity index (χ0v) is 35.8. The minimum absolute atomic E-state index is 0.0242. The van der Waals surface area contributed by atoms with Gasteiger partial charge in [-0.05, 0) is 96.4 Å². The van der Waals surface area contributed by atoms with Gasteiger partial charge in [0, 0.05) is 12.8 Å². The molecule has 0 aromatic carbocycles. The summed E-state index contributed by atoms with van der Waals surface area (Å²) in [4.78, 5) is 36.4. The van der Waals surface area contributed by atoms with Crippen LogP contribution in [0.5, 0.6) is 0 Å². The van der Waals surface area contributed by atoms with Crippen molar-refractivity contribution in [3.05, 3.63) is 48.6 Å². The maximum absolute atomic E-state index is 12.8. The van der Waals surface area contributed by atoms with Crippen molar-refractivity contribution >= 4 is 17.8 Å². The van der Waals surface area contributed by atoms with E-state index in [1.807, 2.05) is 0 Å². The summed E-state index contributed by atoms with van der Waals surface area (Å²) in [7, 11) is 0. The number of rotatable bonds is 41. The Labute approximate surface area is 338 Å². The van der Waals surface area contributed by atoms with Gasteiger partial charge in [0.1, 0.15) is 12.1 Å². The van der Waals surface area contributed by atoms with Crippen LogP contribution in [0.15, 0.2) is 48.6 Å². The number of nitrogens with two attached hydrogens (primary N) is 1. The second kappa shape index (κ2) is 42.5. The molecule has 0 heterocycles. The fourth-order valence-electron chi connectivity index (χ4n) is 6.74. The minimum Gasteiger partial charge on any atom is -0.480 e. The molecule has 0 rings (SSSR count). The van der Waals surface area contributed by atoms with Crippen molar-refractivity contribution in [1.29, 1.82) is 0 Å². The van der Waals surface area contributed by atoms with Crippen LogP contribution < -0.4 is 11.1 Å². The monoisotopic (exact) mass is 771 g/mol. The largest absolute Gasteiger partial charge is 0.480 e. The fraction of sp³-hybridized carbons (Fsp3) is 0.771. The van der Waals surface area contributed by atoms with Crippen molar-refractivity contribution in [2.24, 2.45) is 5.73 Å². The molecule has 2 unspecified atom stereocenters. The molecule has 2 atom stereocenters. The lowest BCUT2D eigenvalue weighted by atomic mass is 10.0. The highest BCUT2D eigenvalue weighted by atomic mass is 16.5. The number of nitrogens with one attached hydrogen (secondary N) is 1. The summed E-state index contributed by atoms with van der Waals surface area (Å²) in [5.74, 6) is -1.26. The zero-order valence-electron chi connectivity index (χ0n) is 35.8. The Morgan fingerprint density at radius 1 is 0.545 bits per heavy atom. The molecule has 0 saturated carbocycles. The molecule has 55 heavy (non-hydrogen) atoms. The Balaban J connectivity index is 4.41. The number of carboxylic acid groups (broad SMARTS) is 1. The van der Waals surface area contributed by atoms with Gasteiger partial charge >= 0.3 is 11.9 Å². The Bertz CT molecular complexity index is 1000. The van der Waals surface area contributed by atoms with Gasteiger partial charge in [-0.15, -0.1) is 0 Å². The van der Waals surface area contributed by atoms with Crippen molar-refractivity contribution in [2.75, 3.05) is 6.54 Å². The quantitative estimate of drug-likeness (QED) is 0.0324. The Morgan fingerprint density at radius 2 is 1.00 bits per heavy atom. The Hall–Kier alpha value is -2.67. The summed E-state index contributed by atoms with van der Waals surface area (Å²) < 4.78 is 6.04.